The summed E-state index contributed by atoms with van der Waals surface area (Å²) in [4.78, 5) is 0. The predicted molar refractivity (Wildman–Crippen MR) is 91.2 cm³/mol. The van der Waals surface area contributed by atoms with Crippen LogP contribution in [0.25, 0.3) is 5.70 Å². The number of aromatic hydroxyl groups is 1. The standard InChI is InChI=1S/C18H20N2O4/c1-22-12-5-6-13(16(21)9-12)15-10-14(19-20-15)11-4-7-17(23-2)18(8-11)24-3/h4-10,14,19-21H,1-3H3. The molecule has 0 aliphatic carbocycles. The van der Waals surface area contributed by atoms with Crippen molar-refractivity contribution in [1.82, 2.24) is 10.9 Å². The van der Waals surface area contributed by atoms with Crippen molar-refractivity contribution in [2.75, 3.05) is 21.3 Å². The quantitative estimate of drug-likeness (QED) is 0.784. The van der Waals surface area contributed by atoms with E-state index in [1.165, 1.54) is 0 Å². The van der Waals surface area contributed by atoms with E-state index in [0.29, 0.717) is 22.8 Å². The number of hydrazine groups is 1. The van der Waals surface area contributed by atoms with Gasteiger partial charge < -0.3 is 24.7 Å². The van der Waals surface area contributed by atoms with E-state index >= 15 is 0 Å². The first-order valence-corrected chi connectivity index (χ1v) is 7.49. The van der Waals surface area contributed by atoms with Crippen LogP contribution in [0.1, 0.15) is 17.2 Å². The summed E-state index contributed by atoms with van der Waals surface area (Å²) in [5.41, 5.74) is 8.81. The van der Waals surface area contributed by atoms with Crippen LogP contribution in [0.3, 0.4) is 0 Å². The third-order valence-corrected chi connectivity index (χ3v) is 3.96. The maximum absolute atomic E-state index is 10.2. The Bertz CT molecular complexity index is 774. The molecule has 2 aromatic rings. The number of hydrogen-bond acceptors (Lipinski definition) is 6. The van der Waals surface area contributed by atoms with Crippen LogP contribution in [0.15, 0.2) is 42.5 Å². The topological polar surface area (TPSA) is 72.0 Å². The van der Waals surface area contributed by atoms with E-state index in [0.717, 1.165) is 11.3 Å². The van der Waals surface area contributed by atoms with Gasteiger partial charge in [-0.15, -0.1) is 0 Å². The van der Waals surface area contributed by atoms with Gasteiger partial charge in [-0.25, -0.2) is 5.43 Å². The maximum atomic E-state index is 10.2. The predicted octanol–water partition coefficient (Wildman–Crippen LogP) is 2.61. The fourth-order valence-corrected chi connectivity index (χ4v) is 2.65. The number of methoxy groups -OCH3 is 3. The van der Waals surface area contributed by atoms with Crippen molar-refractivity contribution >= 4 is 5.70 Å². The molecule has 0 spiro atoms. The van der Waals surface area contributed by atoms with Gasteiger partial charge in [0.05, 0.1) is 33.1 Å². The van der Waals surface area contributed by atoms with Gasteiger partial charge in [0, 0.05) is 11.6 Å². The summed E-state index contributed by atoms with van der Waals surface area (Å²) in [6.45, 7) is 0. The Kier molecular flexibility index (Phi) is 4.48. The fraction of sp³-hybridized carbons (Fsp3) is 0.222. The number of phenols is 1. The molecule has 3 rings (SSSR count). The Morgan fingerprint density at radius 1 is 0.917 bits per heavy atom. The van der Waals surface area contributed by atoms with Gasteiger partial charge in [0.15, 0.2) is 11.5 Å². The highest BCUT2D eigenvalue weighted by molar-refractivity contribution is 5.71. The number of nitrogens with one attached hydrogen (secondary N) is 2. The van der Waals surface area contributed by atoms with Gasteiger partial charge >= 0.3 is 0 Å². The second-order valence-corrected chi connectivity index (χ2v) is 5.32. The Morgan fingerprint density at radius 3 is 2.38 bits per heavy atom. The SMILES string of the molecule is COc1ccc(C2=CC(c3ccc(OC)c(OC)c3)NN2)c(O)c1. The highest BCUT2D eigenvalue weighted by Crippen LogP contribution is 2.34. The summed E-state index contributed by atoms with van der Waals surface area (Å²) in [5.74, 6) is 2.12. The van der Waals surface area contributed by atoms with Crippen molar-refractivity contribution in [3.63, 3.8) is 0 Å². The van der Waals surface area contributed by atoms with E-state index in [9.17, 15) is 5.11 Å². The number of benzene rings is 2. The zero-order valence-electron chi connectivity index (χ0n) is 13.8. The van der Waals surface area contributed by atoms with Gasteiger partial charge in [0.1, 0.15) is 11.5 Å². The van der Waals surface area contributed by atoms with Gasteiger partial charge in [0.2, 0.25) is 0 Å². The van der Waals surface area contributed by atoms with Crippen molar-refractivity contribution in [3.05, 3.63) is 53.6 Å². The minimum absolute atomic E-state index is 0.0543. The number of hydrogen-bond donors (Lipinski definition) is 3. The zero-order chi connectivity index (χ0) is 17.1. The third-order valence-electron chi connectivity index (χ3n) is 3.96. The first-order chi connectivity index (χ1) is 11.7. The molecule has 1 unspecified atom stereocenters. The highest BCUT2D eigenvalue weighted by Gasteiger charge is 2.20. The van der Waals surface area contributed by atoms with Crippen molar-refractivity contribution in [1.29, 1.82) is 0 Å². The lowest BCUT2D eigenvalue weighted by atomic mass is 10.0. The summed E-state index contributed by atoms with van der Waals surface area (Å²) in [6.07, 6.45) is 2.00. The molecular weight excluding hydrogens is 308 g/mol. The molecule has 0 aromatic heterocycles. The molecule has 126 valence electrons. The Hall–Kier alpha value is -2.86. The van der Waals surface area contributed by atoms with Crippen molar-refractivity contribution in [2.45, 2.75) is 6.04 Å². The summed E-state index contributed by atoms with van der Waals surface area (Å²) >= 11 is 0. The molecule has 0 bridgehead atoms. The average Bonchev–Trinajstić information content (AvgIpc) is 3.10. The van der Waals surface area contributed by atoms with E-state index in [-0.39, 0.29) is 11.8 Å². The molecule has 6 nitrogen and oxygen atoms in total. The lowest BCUT2D eigenvalue weighted by molar-refractivity contribution is 0.354. The van der Waals surface area contributed by atoms with Crippen molar-refractivity contribution in [3.8, 4) is 23.0 Å². The van der Waals surface area contributed by atoms with Crippen LogP contribution in [0.4, 0.5) is 0 Å². The summed E-state index contributed by atoms with van der Waals surface area (Å²) in [7, 11) is 4.78. The summed E-state index contributed by atoms with van der Waals surface area (Å²) in [5, 5.41) is 10.2. The second-order valence-electron chi connectivity index (χ2n) is 5.32. The van der Waals surface area contributed by atoms with Crippen LogP contribution in [-0.2, 0) is 0 Å². The van der Waals surface area contributed by atoms with Crippen LogP contribution >= 0.6 is 0 Å². The molecule has 0 fully saturated rings. The van der Waals surface area contributed by atoms with E-state index in [2.05, 4.69) is 10.9 Å². The van der Waals surface area contributed by atoms with E-state index in [1.807, 2.05) is 30.3 Å². The van der Waals surface area contributed by atoms with Crippen molar-refractivity contribution in [2.24, 2.45) is 0 Å². The average molecular weight is 328 g/mol. The van der Waals surface area contributed by atoms with Crippen LogP contribution in [-0.4, -0.2) is 26.4 Å². The number of rotatable bonds is 5. The fourth-order valence-electron chi connectivity index (χ4n) is 2.65. The van der Waals surface area contributed by atoms with Crippen molar-refractivity contribution < 1.29 is 19.3 Å². The molecule has 1 aliphatic heterocycles. The molecule has 1 heterocycles. The van der Waals surface area contributed by atoms with Crippen LogP contribution in [0, 0.1) is 0 Å². The normalized spacial score (nSPS) is 16.3. The van der Waals surface area contributed by atoms with E-state index in [1.54, 1.807) is 33.5 Å². The molecule has 3 N–H and O–H groups in total. The number of phenolic OH excluding ortho intramolecular Hbond substituents is 1. The van der Waals surface area contributed by atoms with Crippen LogP contribution in [0.2, 0.25) is 0 Å². The van der Waals surface area contributed by atoms with Crippen LogP contribution < -0.4 is 25.1 Å². The van der Waals surface area contributed by atoms with Gasteiger partial charge in [-0.3, -0.25) is 0 Å². The second kappa shape index (κ2) is 6.72. The monoisotopic (exact) mass is 328 g/mol. The molecule has 0 saturated carbocycles. The Morgan fingerprint density at radius 2 is 1.71 bits per heavy atom. The minimum atomic E-state index is -0.0543. The zero-order valence-corrected chi connectivity index (χ0v) is 13.8. The Labute approximate surface area is 140 Å². The molecule has 1 aliphatic rings. The molecule has 0 radical (unpaired) electrons. The number of ether oxygens (including phenoxy) is 3. The van der Waals surface area contributed by atoms with E-state index < -0.39 is 0 Å². The largest absolute Gasteiger partial charge is 0.507 e. The molecule has 1 atom stereocenters. The third kappa shape index (κ3) is 2.96. The Balaban J connectivity index is 1.88. The summed E-state index contributed by atoms with van der Waals surface area (Å²) < 4.78 is 15.7. The molecule has 24 heavy (non-hydrogen) atoms. The smallest absolute Gasteiger partial charge is 0.161 e. The van der Waals surface area contributed by atoms with Gasteiger partial charge in [-0.1, -0.05) is 6.07 Å². The van der Waals surface area contributed by atoms with Gasteiger partial charge in [-0.2, -0.15) is 0 Å². The molecule has 0 saturated heterocycles. The van der Waals surface area contributed by atoms with E-state index in [4.69, 9.17) is 14.2 Å². The lowest BCUT2D eigenvalue weighted by Crippen LogP contribution is -2.26. The molecular formula is C18H20N2O4. The summed E-state index contributed by atoms with van der Waals surface area (Å²) in [6, 6.07) is 10.9. The highest BCUT2D eigenvalue weighted by atomic mass is 16.5. The minimum Gasteiger partial charge on any atom is -0.507 e. The van der Waals surface area contributed by atoms with Crippen LogP contribution in [0.5, 0.6) is 23.0 Å². The lowest BCUT2D eigenvalue weighted by Gasteiger charge is -2.13. The maximum Gasteiger partial charge on any atom is 0.161 e. The molecule has 6 heteroatoms. The molecule has 2 aromatic carbocycles. The van der Waals surface area contributed by atoms with Gasteiger partial charge in [0.25, 0.3) is 0 Å². The first-order valence-electron chi connectivity index (χ1n) is 7.49. The first kappa shape index (κ1) is 16.0. The molecule has 0 amide bonds. The van der Waals surface area contributed by atoms with Gasteiger partial charge in [-0.05, 0) is 35.9 Å².